The van der Waals surface area contributed by atoms with Gasteiger partial charge in [-0.25, -0.2) is 4.98 Å². The number of hydrogen-bond donors (Lipinski definition) is 1. The first-order valence-electron chi connectivity index (χ1n) is 5.01. The lowest BCUT2D eigenvalue weighted by Crippen LogP contribution is -2.25. The number of aryl methyl sites for hydroxylation is 1. The Morgan fingerprint density at radius 2 is 2.29 bits per heavy atom. The summed E-state index contributed by atoms with van der Waals surface area (Å²) in [6.45, 7) is 5.21. The molecule has 4 heteroatoms. The van der Waals surface area contributed by atoms with Crippen LogP contribution in [-0.4, -0.2) is 37.1 Å². The molecule has 1 heterocycles. The average molecular weight is 213 g/mol. The van der Waals surface area contributed by atoms with Crippen molar-refractivity contribution < 1.29 is 0 Å². The molecule has 0 aliphatic carbocycles. The van der Waals surface area contributed by atoms with Gasteiger partial charge >= 0.3 is 0 Å². The summed E-state index contributed by atoms with van der Waals surface area (Å²) in [5.41, 5.74) is 0. The molecule has 0 unspecified atom stereocenters. The van der Waals surface area contributed by atoms with Gasteiger partial charge in [0.25, 0.3) is 0 Å². The maximum absolute atomic E-state index is 4.32. The molecule has 0 fully saturated rings. The first-order chi connectivity index (χ1) is 6.72. The molecule has 0 saturated carbocycles. The van der Waals surface area contributed by atoms with Crippen molar-refractivity contribution in [3.8, 4) is 0 Å². The molecule has 1 aromatic heterocycles. The van der Waals surface area contributed by atoms with Gasteiger partial charge in [0.05, 0.1) is 5.01 Å². The fraction of sp³-hybridized carbons (Fsp3) is 0.700. The molecule has 3 nitrogen and oxygen atoms in total. The largest absolute Gasteiger partial charge is 0.311 e. The van der Waals surface area contributed by atoms with Crippen LogP contribution in [0, 0.1) is 0 Å². The number of rotatable bonds is 6. The van der Waals surface area contributed by atoms with Gasteiger partial charge in [0.15, 0.2) is 0 Å². The molecule has 0 saturated heterocycles. The van der Waals surface area contributed by atoms with Gasteiger partial charge in [0.1, 0.15) is 0 Å². The quantitative estimate of drug-likeness (QED) is 0.723. The predicted molar refractivity (Wildman–Crippen MR) is 61.8 cm³/mol. The van der Waals surface area contributed by atoms with Gasteiger partial charge < -0.3 is 10.2 Å². The van der Waals surface area contributed by atoms with Crippen LogP contribution >= 0.6 is 11.3 Å². The second-order valence-corrected chi connectivity index (χ2v) is 4.75. The van der Waals surface area contributed by atoms with E-state index in [0.717, 1.165) is 26.1 Å². The van der Waals surface area contributed by atoms with Crippen molar-refractivity contribution in [1.29, 1.82) is 0 Å². The Labute approximate surface area is 90.2 Å². The van der Waals surface area contributed by atoms with Crippen LogP contribution in [-0.2, 0) is 13.0 Å². The molecule has 1 aromatic rings. The smallest absolute Gasteiger partial charge is 0.0925 e. The first-order valence-corrected chi connectivity index (χ1v) is 5.83. The molecule has 14 heavy (non-hydrogen) atoms. The van der Waals surface area contributed by atoms with E-state index in [2.05, 4.69) is 36.2 Å². The summed E-state index contributed by atoms with van der Waals surface area (Å²) in [5.74, 6) is 0. The van der Waals surface area contributed by atoms with Crippen molar-refractivity contribution in [3.05, 3.63) is 16.1 Å². The van der Waals surface area contributed by atoms with Gasteiger partial charge in [-0.3, -0.25) is 0 Å². The van der Waals surface area contributed by atoms with Gasteiger partial charge in [0, 0.05) is 30.7 Å². The molecule has 0 aromatic carbocycles. The van der Waals surface area contributed by atoms with Crippen molar-refractivity contribution >= 4 is 11.3 Å². The second-order valence-electron chi connectivity index (χ2n) is 3.55. The van der Waals surface area contributed by atoms with Gasteiger partial charge in [-0.15, -0.1) is 11.3 Å². The molecular weight excluding hydrogens is 194 g/mol. The average Bonchev–Trinajstić information content (AvgIpc) is 2.60. The Balaban J connectivity index is 2.18. The zero-order valence-corrected chi connectivity index (χ0v) is 10.0. The van der Waals surface area contributed by atoms with E-state index in [0.29, 0.717) is 0 Å². The molecule has 80 valence electrons. The molecule has 0 radical (unpaired) electrons. The van der Waals surface area contributed by atoms with Gasteiger partial charge in [-0.2, -0.15) is 0 Å². The highest BCUT2D eigenvalue weighted by Crippen LogP contribution is 2.12. The summed E-state index contributed by atoms with van der Waals surface area (Å²) in [5, 5.41) is 4.63. The Morgan fingerprint density at radius 3 is 2.86 bits per heavy atom. The van der Waals surface area contributed by atoms with E-state index in [-0.39, 0.29) is 0 Å². The number of thiazole rings is 1. The molecular formula is C10H19N3S. The number of nitrogens with zero attached hydrogens (tertiary/aromatic N) is 2. The predicted octanol–water partition coefficient (Wildman–Crippen LogP) is 1.36. The van der Waals surface area contributed by atoms with Crippen molar-refractivity contribution in [2.24, 2.45) is 0 Å². The fourth-order valence-corrected chi connectivity index (χ4v) is 1.94. The van der Waals surface area contributed by atoms with Crippen molar-refractivity contribution in [2.45, 2.75) is 19.9 Å². The molecule has 0 spiro atoms. The summed E-state index contributed by atoms with van der Waals surface area (Å²) in [6.07, 6.45) is 3.02. The van der Waals surface area contributed by atoms with Crippen molar-refractivity contribution in [3.63, 3.8) is 0 Å². The van der Waals surface area contributed by atoms with Gasteiger partial charge in [0.2, 0.25) is 0 Å². The fourth-order valence-electron chi connectivity index (χ4n) is 1.11. The Bertz CT molecular complexity index is 258. The Morgan fingerprint density at radius 1 is 1.50 bits per heavy atom. The Kier molecular flexibility index (Phi) is 5.07. The summed E-state index contributed by atoms with van der Waals surface area (Å²) in [7, 11) is 4.17. The summed E-state index contributed by atoms with van der Waals surface area (Å²) in [4.78, 5) is 7.83. The van der Waals surface area contributed by atoms with E-state index in [9.17, 15) is 0 Å². The van der Waals surface area contributed by atoms with Crippen LogP contribution < -0.4 is 5.32 Å². The van der Waals surface area contributed by atoms with Crippen molar-refractivity contribution in [2.75, 3.05) is 27.2 Å². The maximum Gasteiger partial charge on any atom is 0.0925 e. The standard InChI is InChI=1S/C10H19N3S/c1-4-10-12-8-9(14-10)7-11-5-6-13(2)3/h8,11H,4-7H2,1-3H3. The van der Waals surface area contributed by atoms with Gasteiger partial charge in [-0.05, 0) is 20.5 Å². The van der Waals surface area contributed by atoms with Crippen LogP contribution in [0.4, 0.5) is 0 Å². The summed E-state index contributed by atoms with van der Waals surface area (Å²) < 4.78 is 0. The minimum Gasteiger partial charge on any atom is -0.311 e. The topological polar surface area (TPSA) is 28.2 Å². The number of nitrogens with one attached hydrogen (secondary N) is 1. The minimum absolute atomic E-state index is 0.950. The van der Waals surface area contributed by atoms with Crippen LogP contribution in [0.5, 0.6) is 0 Å². The van der Waals surface area contributed by atoms with Crippen LogP contribution in [0.2, 0.25) is 0 Å². The highest BCUT2D eigenvalue weighted by molar-refractivity contribution is 7.11. The van der Waals surface area contributed by atoms with E-state index in [4.69, 9.17) is 0 Å². The minimum atomic E-state index is 0.950. The van der Waals surface area contributed by atoms with Gasteiger partial charge in [-0.1, -0.05) is 6.92 Å². The number of aromatic nitrogens is 1. The number of hydrogen-bond acceptors (Lipinski definition) is 4. The number of likely N-dealkylation sites (N-methyl/N-ethyl adjacent to an activating group) is 1. The lowest BCUT2D eigenvalue weighted by molar-refractivity contribution is 0.400. The van der Waals surface area contributed by atoms with E-state index in [1.807, 2.05) is 6.20 Å². The molecule has 0 aliphatic heterocycles. The molecule has 1 rings (SSSR count). The molecule has 0 atom stereocenters. The van der Waals surface area contributed by atoms with E-state index in [1.54, 1.807) is 11.3 Å². The third-order valence-electron chi connectivity index (χ3n) is 1.94. The van der Waals surface area contributed by atoms with Crippen molar-refractivity contribution in [1.82, 2.24) is 15.2 Å². The van der Waals surface area contributed by atoms with E-state index in [1.165, 1.54) is 9.88 Å². The highest BCUT2D eigenvalue weighted by Gasteiger charge is 1.99. The van der Waals surface area contributed by atoms with Crippen LogP contribution in [0.15, 0.2) is 6.20 Å². The molecule has 1 N–H and O–H groups in total. The molecule has 0 aliphatic rings. The highest BCUT2D eigenvalue weighted by atomic mass is 32.1. The second kappa shape index (κ2) is 6.11. The maximum atomic E-state index is 4.32. The van der Waals surface area contributed by atoms with Crippen LogP contribution in [0.1, 0.15) is 16.8 Å². The normalized spacial score (nSPS) is 11.1. The van der Waals surface area contributed by atoms with Crippen LogP contribution in [0.25, 0.3) is 0 Å². The van der Waals surface area contributed by atoms with Crippen LogP contribution in [0.3, 0.4) is 0 Å². The van der Waals surface area contributed by atoms with E-state index < -0.39 is 0 Å². The molecule has 0 bridgehead atoms. The monoisotopic (exact) mass is 213 g/mol. The lowest BCUT2D eigenvalue weighted by Gasteiger charge is -2.09. The summed E-state index contributed by atoms with van der Waals surface area (Å²) in [6, 6.07) is 0. The zero-order valence-electron chi connectivity index (χ0n) is 9.21. The lowest BCUT2D eigenvalue weighted by atomic mass is 10.5. The Hall–Kier alpha value is -0.450. The zero-order chi connectivity index (χ0) is 10.4. The SMILES string of the molecule is CCc1ncc(CNCCN(C)C)s1. The molecule has 0 amide bonds. The third-order valence-corrected chi connectivity index (χ3v) is 3.08. The third kappa shape index (κ3) is 4.17. The summed E-state index contributed by atoms with van der Waals surface area (Å²) >= 11 is 1.80. The first kappa shape index (κ1) is 11.6. The van der Waals surface area contributed by atoms with E-state index >= 15 is 0 Å².